The lowest BCUT2D eigenvalue weighted by Gasteiger charge is -2.35. The normalized spacial score (nSPS) is 12.5. The molecular formula is C30H35ClFN3O4S. The minimum absolute atomic E-state index is 0.0200. The summed E-state index contributed by atoms with van der Waals surface area (Å²) < 4.78 is 42.5. The molecule has 214 valence electrons. The third kappa shape index (κ3) is 7.61. The Morgan fingerprint density at radius 1 is 1.00 bits per heavy atom. The zero-order chi connectivity index (χ0) is 29.7. The fourth-order valence-electron chi connectivity index (χ4n) is 4.23. The Labute approximate surface area is 241 Å². The van der Waals surface area contributed by atoms with Crippen molar-refractivity contribution in [1.29, 1.82) is 0 Å². The smallest absolute Gasteiger partial charge is 0.264 e. The van der Waals surface area contributed by atoms with Crippen molar-refractivity contribution in [2.24, 2.45) is 0 Å². The van der Waals surface area contributed by atoms with Gasteiger partial charge >= 0.3 is 0 Å². The molecule has 0 heterocycles. The first-order valence-corrected chi connectivity index (χ1v) is 14.7. The van der Waals surface area contributed by atoms with Crippen molar-refractivity contribution in [2.45, 2.75) is 64.1 Å². The third-order valence-electron chi connectivity index (χ3n) is 6.29. The number of hydrogen-bond acceptors (Lipinski definition) is 4. The molecule has 0 spiro atoms. The Kier molecular flexibility index (Phi) is 9.97. The maximum absolute atomic E-state index is 14.1. The van der Waals surface area contributed by atoms with Crippen molar-refractivity contribution in [2.75, 3.05) is 10.8 Å². The highest BCUT2D eigenvalue weighted by Gasteiger charge is 2.35. The second-order valence-corrected chi connectivity index (χ2v) is 12.8. The van der Waals surface area contributed by atoms with Crippen LogP contribution in [0, 0.1) is 12.7 Å². The van der Waals surface area contributed by atoms with E-state index < -0.39 is 39.9 Å². The van der Waals surface area contributed by atoms with Crippen LogP contribution in [0.1, 0.15) is 45.2 Å². The second kappa shape index (κ2) is 12.8. The summed E-state index contributed by atoms with van der Waals surface area (Å²) in [5.41, 5.74) is 1.22. The van der Waals surface area contributed by atoms with Crippen LogP contribution in [0.15, 0.2) is 77.7 Å². The minimum Gasteiger partial charge on any atom is -0.350 e. The molecule has 3 rings (SSSR count). The summed E-state index contributed by atoms with van der Waals surface area (Å²) in [5.74, 6) is -1.67. The van der Waals surface area contributed by atoms with Crippen molar-refractivity contribution >= 4 is 39.1 Å². The Bertz CT molecular complexity index is 1460. The largest absolute Gasteiger partial charge is 0.350 e. The average molecular weight is 588 g/mol. The fourth-order valence-corrected chi connectivity index (χ4v) is 5.83. The number of aryl methyl sites for hydroxylation is 1. The zero-order valence-electron chi connectivity index (χ0n) is 23.3. The fraction of sp³-hybridized carbons (Fsp3) is 0.333. The van der Waals surface area contributed by atoms with Gasteiger partial charge in [-0.25, -0.2) is 12.8 Å². The van der Waals surface area contributed by atoms with Crippen LogP contribution in [0.2, 0.25) is 5.02 Å². The van der Waals surface area contributed by atoms with Crippen molar-refractivity contribution < 1.29 is 22.4 Å². The highest BCUT2D eigenvalue weighted by molar-refractivity contribution is 7.92. The van der Waals surface area contributed by atoms with Crippen molar-refractivity contribution in [3.63, 3.8) is 0 Å². The molecule has 7 nitrogen and oxygen atoms in total. The van der Waals surface area contributed by atoms with Crippen LogP contribution in [0.4, 0.5) is 10.1 Å². The number of halogens is 2. The van der Waals surface area contributed by atoms with Crippen molar-refractivity contribution in [3.05, 3.63) is 94.8 Å². The summed E-state index contributed by atoms with van der Waals surface area (Å²) in [6.45, 7) is 8.69. The van der Waals surface area contributed by atoms with E-state index in [1.54, 1.807) is 25.1 Å². The Hall–Kier alpha value is -3.43. The number of rotatable bonds is 10. The lowest BCUT2D eigenvalue weighted by Crippen LogP contribution is -2.55. The lowest BCUT2D eigenvalue weighted by atomic mass is 10.0. The number of anilines is 1. The quantitative estimate of drug-likeness (QED) is 0.329. The number of benzene rings is 3. The molecule has 0 fully saturated rings. The van der Waals surface area contributed by atoms with E-state index >= 15 is 0 Å². The minimum atomic E-state index is -4.27. The predicted molar refractivity (Wildman–Crippen MR) is 156 cm³/mol. The van der Waals surface area contributed by atoms with Gasteiger partial charge in [-0.15, -0.1) is 0 Å². The molecule has 0 saturated carbocycles. The van der Waals surface area contributed by atoms with Gasteiger partial charge in [0.1, 0.15) is 18.4 Å². The first-order chi connectivity index (χ1) is 18.7. The summed E-state index contributed by atoms with van der Waals surface area (Å²) in [5, 5.41) is 2.65. The first kappa shape index (κ1) is 31.1. The Balaban J connectivity index is 2.10. The van der Waals surface area contributed by atoms with Crippen LogP contribution in [-0.2, 0) is 26.2 Å². The van der Waals surface area contributed by atoms with Gasteiger partial charge in [0.2, 0.25) is 11.8 Å². The summed E-state index contributed by atoms with van der Waals surface area (Å²) in [6, 6.07) is 17.7. The molecule has 0 bridgehead atoms. The second-order valence-electron chi connectivity index (χ2n) is 10.5. The van der Waals surface area contributed by atoms with Crippen LogP contribution in [0.5, 0.6) is 0 Å². The molecular weight excluding hydrogens is 553 g/mol. The highest BCUT2D eigenvalue weighted by atomic mass is 35.5. The van der Waals surface area contributed by atoms with Gasteiger partial charge in [-0.2, -0.15) is 0 Å². The molecule has 3 aromatic rings. The van der Waals surface area contributed by atoms with E-state index in [-0.39, 0.29) is 28.1 Å². The number of nitrogens with zero attached hydrogens (tertiary/aromatic N) is 2. The summed E-state index contributed by atoms with van der Waals surface area (Å²) in [4.78, 5) is 28.8. The summed E-state index contributed by atoms with van der Waals surface area (Å²) in [7, 11) is -4.27. The van der Waals surface area contributed by atoms with Gasteiger partial charge in [0.05, 0.1) is 15.6 Å². The lowest BCUT2D eigenvalue weighted by molar-refractivity contribution is -0.141. The number of hydrogen-bond donors (Lipinski definition) is 1. The molecule has 0 saturated heterocycles. The van der Waals surface area contributed by atoms with Gasteiger partial charge in [-0.05, 0) is 75.6 Å². The van der Waals surface area contributed by atoms with Crippen LogP contribution < -0.4 is 9.62 Å². The van der Waals surface area contributed by atoms with Gasteiger partial charge in [-0.3, -0.25) is 13.9 Å². The molecule has 0 aromatic heterocycles. The molecule has 1 atom stereocenters. The number of carbonyl (C=O) groups excluding carboxylic acids is 2. The van der Waals surface area contributed by atoms with Crippen LogP contribution in [-0.4, -0.2) is 43.3 Å². The van der Waals surface area contributed by atoms with Crippen LogP contribution in [0.25, 0.3) is 0 Å². The topological polar surface area (TPSA) is 86.8 Å². The molecule has 10 heteroatoms. The van der Waals surface area contributed by atoms with Gasteiger partial charge in [0, 0.05) is 12.1 Å². The van der Waals surface area contributed by atoms with Crippen molar-refractivity contribution in [3.8, 4) is 0 Å². The molecule has 40 heavy (non-hydrogen) atoms. The Morgan fingerprint density at radius 3 is 2.20 bits per heavy atom. The van der Waals surface area contributed by atoms with E-state index in [9.17, 15) is 22.4 Å². The zero-order valence-corrected chi connectivity index (χ0v) is 24.9. The summed E-state index contributed by atoms with van der Waals surface area (Å²) >= 11 is 6.01. The van der Waals surface area contributed by atoms with E-state index in [1.165, 1.54) is 29.2 Å². The third-order valence-corrected chi connectivity index (χ3v) is 8.37. The highest BCUT2D eigenvalue weighted by Crippen LogP contribution is 2.28. The molecule has 0 aliphatic carbocycles. The van der Waals surface area contributed by atoms with Crippen molar-refractivity contribution in [1.82, 2.24) is 10.2 Å². The Morgan fingerprint density at radius 2 is 1.62 bits per heavy atom. The van der Waals surface area contributed by atoms with E-state index in [0.717, 1.165) is 21.5 Å². The summed E-state index contributed by atoms with van der Waals surface area (Å²) in [6.07, 6.45) is 0.299. The van der Waals surface area contributed by atoms with Gasteiger partial charge in [0.15, 0.2) is 0 Å². The molecule has 1 N–H and O–H groups in total. The molecule has 2 amide bonds. The number of amides is 2. The standard InChI is InChI=1S/C30H35ClFN3O4S/c1-6-27(29(37)33-30(3,4)5)34(19-22-13-11-10-12-21(22)2)28(36)20-35(23-16-17-26(32)25(31)18-23)40(38,39)24-14-8-7-9-15-24/h7-18,27H,6,19-20H2,1-5H3,(H,33,37)/t27-/m0/s1. The molecule has 0 radical (unpaired) electrons. The van der Waals surface area contributed by atoms with E-state index in [4.69, 9.17) is 11.6 Å². The molecule has 3 aromatic carbocycles. The van der Waals surface area contributed by atoms with E-state index in [0.29, 0.717) is 6.42 Å². The number of carbonyl (C=O) groups is 2. The van der Waals surface area contributed by atoms with Gasteiger partial charge in [-0.1, -0.05) is 61.0 Å². The average Bonchev–Trinajstić information content (AvgIpc) is 2.89. The van der Waals surface area contributed by atoms with E-state index in [1.807, 2.05) is 52.0 Å². The molecule has 0 aliphatic heterocycles. The van der Waals surface area contributed by atoms with Gasteiger partial charge < -0.3 is 10.2 Å². The molecule has 0 aliphatic rings. The molecule has 0 unspecified atom stereocenters. The van der Waals surface area contributed by atoms with E-state index in [2.05, 4.69) is 5.32 Å². The van der Waals surface area contributed by atoms with Crippen LogP contribution >= 0.6 is 11.6 Å². The monoisotopic (exact) mass is 587 g/mol. The van der Waals surface area contributed by atoms with Crippen LogP contribution in [0.3, 0.4) is 0 Å². The maximum Gasteiger partial charge on any atom is 0.264 e. The maximum atomic E-state index is 14.1. The first-order valence-electron chi connectivity index (χ1n) is 12.9. The predicted octanol–water partition coefficient (Wildman–Crippen LogP) is 5.70. The number of sulfonamides is 1. The number of nitrogens with one attached hydrogen (secondary N) is 1. The SMILES string of the molecule is CC[C@@H](C(=O)NC(C)(C)C)N(Cc1ccccc1C)C(=O)CN(c1ccc(F)c(Cl)c1)S(=O)(=O)c1ccccc1. The van der Waals surface area contributed by atoms with Gasteiger partial charge in [0.25, 0.3) is 10.0 Å².